The number of ether oxygens (including phenoxy) is 1. The van der Waals surface area contributed by atoms with Gasteiger partial charge in [0.2, 0.25) is 0 Å². The van der Waals surface area contributed by atoms with Gasteiger partial charge in [0.15, 0.2) is 0 Å². The Hall–Kier alpha value is -0.160. The molecule has 1 atom stereocenters. The highest BCUT2D eigenvalue weighted by Crippen LogP contribution is 2.42. The molecule has 1 saturated heterocycles. The van der Waals surface area contributed by atoms with E-state index in [2.05, 4.69) is 15.9 Å². The topological polar surface area (TPSA) is 29.5 Å². The Morgan fingerprint density at radius 2 is 2.11 bits per heavy atom. The molecule has 0 saturated carbocycles. The number of hydrogen-bond donors (Lipinski definition) is 1. The van der Waals surface area contributed by atoms with Crippen LogP contribution in [-0.2, 0) is 10.3 Å². The standard InChI is InChI=1S/C13H15BrClFO2/c1-12(2)7-13(17,5-6-18-12)8-3-4-9(14)10(15)11(8)16/h3-4,17H,5-7H2,1-2H3. The molecule has 0 amide bonds. The quantitative estimate of drug-likeness (QED) is 0.784. The van der Waals surface area contributed by atoms with Crippen LogP contribution in [-0.4, -0.2) is 17.3 Å². The normalized spacial score (nSPS) is 27.2. The van der Waals surface area contributed by atoms with Gasteiger partial charge >= 0.3 is 0 Å². The summed E-state index contributed by atoms with van der Waals surface area (Å²) in [5.74, 6) is -0.564. The molecule has 1 aromatic rings. The van der Waals surface area contributed by atoms with Gasteiger partial charge in [-0.2, -0.15) is 0 Å². The summed E-state index contributed by atoms with van der Waals surface area (Å²) in [5.41, 5.74) is -1.46. The molecule has 2 nitrogen and oxygen atoms in total. The summed E-state index contributed by atoms with van der Waals surface area (Å²) in [6.45, 7) is 4.17. The summed E-state index contributed by atoms with van der Waals surface area (Å²) >= 11 is 9.04. The van der Waals surface area contributed by atoms with Gasteiger partial charge < -0.3 is 9.84 Å². The van der Waals surface area contributed by atoms with Crippen LogP contribution in [0.25, 0.3) is 0 Å². The Labute approximate surface area is 119 Å². The average molecular weight is 338 g/mol. The van der Waals surface area contributed by atoms with Crippen LogP contribution in [0.1, 0.15) is 32.3 Å². The summed E-state index contributed by atoms with van der Waals surface area (Å²) in [7, 11) is 0. The first kappa shape index (κ1) is 14.3. The van der Waals surface area contributed by atoms with Crippen molar-refractivity contribution in [1.82, 2.24) is 0 Å². The Balaban J connectivity index is 2.44. The second kappa shape index (κ2) is 4.75. The van der Waals surface area contributed by atoms with Crippen LogP contribution >= 0.6 is 27.5 Å². The fraction of sp³-hybridized carbons (Fsp3) is 0.538. The van der Waals surface area contributed by atoms with Gasteiger partial charge in [-0.15, -0.1) is 0 Å². The lowest BCUT2D eigenvalue weighted by atomic mass is 9.79. The molecule has 1 aliphatic rings. The van der Waals surface area contributed by atoms with Crippen LogP contribution in [0.15, 0.2) is 16.6 Å². The summed E-state index contributed by atoms with van der Waals surface area (Å²) in [5, 5.41) is 10.7. The third-order valence-corrected chi connectivity index (χ3v) is 4.52. The second-order valence-electron chi connectivity index (χ2n) is 5.29. The molecule has 1 aliphatic heterocycles. The monoisotopic (exact) mass is 336 g/mol. The highest BCUT2D eigenvalue weighted by atomic mass is 79.9. The van der Waals surface area contributed by atoms with Gasteiger partial charge in [0.1, 0.15) is 5.82 Å². The first-order valence-corrected chi connectivity index (χ1v) is 6.93. The maximum absolute atomic E-state index is 14.2. The third-order valence-electron chi connectivity index (χ3n) is 3.26. The Morgan fingerprint density at radius 3 is 2.72 bits per heavy atom. The van der Waals surface area contributed by atoms with Gasteiger partial charge in [-0.1, -0.05) is 17.7 Å². The summed E-state index contributed by atoms with van der Waals surface area (Å²) < 4.78 is 20.2. The molecule has 18 heavy (non-hydrogen) atoms. The van der Waals surface area contributed by atoms with E-state index in [1.165, 1.54) is 0 Å². The molecule has 100 valence electrons. The SMILES string of the molecule is CC1(C)CC(O)(c2ccc(Br)c(Cl)c2F)CCO1. The summed E-state index contributed by atoms with van der Waals surface area (Å²) in [6, 6.07) is 3.23. The van der Waals surface area contributed by atoms with Crippen molar-refractivity contribution < 1.29 is 14.2 Å². The smallest absolute Gasteiger partial charge is 0.149 e. The summed E-state index contributed by atoms with van der Waals surface area (Å²) in [4.78, 5) is 0. The second-order valence-corrected chi connectivity index (χ2v) is 6.52. The lowest BCUT2D eigenvalue weighted by Crippen LogP contribution is -2.44. The van der Waals surface area contributed by atoms with Crippen LogP contribution in [0.2, 0.25) is 5.02 Å². The molecule has 0 bridgehead atoms. The maximum Gasteiger partial charge on any atom is 0.149 e. The predicted molar refractivity (Wildman–Crippen MR) is 72.3 cm³/mol. The van der Waals surface area contributed by atoms with E-state index in [4.69, 9.17) is 16.3 Å². The molecule has 1 aromatic carbocycles. The van der Waals surface area contributed by atoms with E-state index < -0.39 is 17.0 Å². The van der Waals surface area contributed by atoms with E-state index in [-0.39, 0.29) is 10.6 Å². The number of halogens is 3. The molecular weight excluding hydrogens is 322 g/mol. The molecule has 1 N–H and O–H groups in total. The number of benzene rings is 1. The first-order chi connectivity index (χ1) is 8.25. The first-order valence-electron chi connectivity index (χ1n) is 5.75. The molecular formula is C13H15BrClFO2. The number of hydrogen-bond acceptors (Lipinski definition) is 2. The van der Waals surface area contributed by atoms with Crippen molar-refractivity contribution in [3.8, 4) is 0 Å². The van der Waals surface area contributed by atoms with E-state index in [1.807, 2.05) is 13.8 Å². The van der Waals surface area contributed by atoms with E-state index in [9.17, 15) is 9.50 Å². The molecule has 1 heterocycles. The minimum atomic E-state index is -1.23. The van der Waals surface area contributed by atoms with Crippen molar-refractivity contribution in [2.45, 2.75) is 37.9 Å². The van der Waals surface area contributed by atoms with Gasteiger partial charge in [0, 0.05) is 22.9 Å². The fourth-order valence-corrected chi connectivity index (χ4v) is 2.93. The minimum absolute atomic E-state index is 0.00484. The zero-order chi connectivity index (χ0) is 13.6. The highest BCUT2D eigenvalue weighted by Gasteiger charge is 2.42. The van der Waals surface area contributed by atoms with Crippen LogP contribution in [0.5, 0.6) is 0 Å². The maximum atomic E-state index is 14.2. The Morgan fingerprint density at radius 1 is 1.44 bits per heavy atom. The van der Waals surface area contributed by atoms with Crippen LogP contribution < -0.4 is 0 Å². The van der Waals surface area contributed by atoms with Gasteiger partial charge in [-0.25, -0.2) is 4.39 Å². The zero-order valence-electron chi connectivity index (χ0n) is 10.3. The van der Waals surface area contributed by atoms with E-state index in [0.29, 0.717) is 23.9 Å². The molecule has 2 rings (SSSR count). The lowest BCUT2D eigenvalue weighted by Gasteiger charge is -2.42. The van der Waals surface area contributed by atoms with Gasteiger partial charge in [-0.3, -0.25) is 0 Å². The van der Waals surface area contributed by atoms with Crippen molar-refractivity contribution in [3.63, 3.8) is 0 Å². The van der Waals surface area contributed by atoms with Gasteiger partial charge in [0.05, 0.1) is 22.8 Å². The molecule has 0 aliphatic carbocycles. The predicted octanol–water partition coefficient (Wildman–Crippen LogP) is 4.02. The van der Waals surface area contributed by atoms with E-state index in [0.717, 1.165) is 0 Å². The van der Waals surface area contributed by atoms with Gasteiger partial charge in [0.25, 0.3) is 0 Å². The number of rotatable bonds is 1. The lowest BCUT2D eigenvalue weighted by molar-refractivity contribution is -0.149. The van der Waals surface area contributed by atoms with E-state index in [1.54, 1.807) is 12.1 Å². The summed E-state index contributed by atoms with van der Waals surface area (Å²) in [6.07, 6.45) is 0.709. The van der Waals surface area contributed by atoms with Crippen molar-refractivity contribution in [2.24, 2.45) is 0 Å². The van der Waals surface area contributed by atoms with Gasteiger partial charge in [-0.05, 0) is 35.8 Å². The molecule has 1 fully saturated rings. The molecule has 0 spiro atoms. The zero-order valence-corrected chi connectivity index (χ0v) is 12.6. The van der Waals surface area contributed by atoms with Crippen molar-refractivity contribution >= 4 is 27.5 Å². The van der Waals surface area contributed by atoms with Crippen LogP contribution in [0.4, 0.5) is 4.39 Å². The molecule has 1 unspecified atom stereocenters. The van der Waals surface area contributed by atoms with Crippen LogP contribution in [0, 0.1) is 5.82 Å². The van der Waals surface area contributed by atoms with Crippen molar-refractivity contribution in [3.05, 3.63) is 33.0 Å². The minimum Gasteiger partial charge on any atom is -0.385 e. The largest absolute Gasteiger partial charge is 0.385 e. The Kier molecular flexibility index (Phi) is 3.76. The van der Waals surface area contributed by atoms with Crippen LogP contribution in [0.3, 0.4) is 0 Å². The molecule has 0 radical (unpaired) electrons. The third kappa shape index (κ3) is 2.57. The Bertz CT molecular complexity index is 478. The van der Waals surface area contributed by atoms with Crippen molar-refractivity contribution in [2.75, 3.05) is 6.61 Å². The fourth-order valence-electron chi connectivity index (χ4n) is 2.46. The highest BCUT2D eigenvalue weighted by molar-refractivity contribution is 9.10. The van der Waals surface area contributed by atoms with Crippen molar-refractivity contribution in [1.29, 1.82) is 0 Å². The van der Waals surface area contributed by atoms with E-state index >= 15 is 0 Å². The molecule has 0 aromatic heterocycles. The number of aliphatic hydroxyl groups is 1. The molecule has 5 heteroatoms. The average Bonchev–Trinajstić information content (AvgIpc) is 2.23.